The number of urea groups is 1. The summed E-state index contributed by atoms with van der Waals surface area (Å²) in [5, 5.41) is 9.71. The second-order valence-electron chi connectivity index (χ2n) is 6.71. The Morgan fingerprint density at radius 1 is 1.33 bits per heavy atom. The molecule has 1 aliphatic rings. The number of ether oxygens (including phenoxy) is 1. The predicted octanol–water partition coefficient (Wildman–Crippen LogP) is 2.59. The molecule has 3 rings (SSSR count). The van der Waals surface area contributed by atoms with Gasteiger partial charge in [-0.2, -0.15) is 4.98 Å². The average molecular weight is 373 g/mol. The average Bonchev–Trinajstić information content (AvgIpc) is 3.19. The highest BCUT2D eigenvalue weighted by molar-refractivity contribution is 5.74. The van der Waals surface area contributed by atoms with E-state index in [1.165, 1.54) is 19.3 Å². The second kappa shape index (κ2) is 9.36. The van der Waals surface area contributed by atoms with Gasteiger partial charge in [0.15, 0.2) is 0 Å². The summed E-state index contributed by atoms with van der Waals surface area (Å²) in [6, 6.07) is 6.81. The number of aromatic nitrogens is 2. The molecule has 1 unspecified atom stereocenters. The van der Waals surface area contributed by atoms with Crippen LogP contribution >= 0.6 is 0 Å². The lowest BCUT2D eigenvalue weighted by molar-refractivity contribution is 0.217. The van der Waals surface area contributed by atoms with E-state index in [1.807, 2.05) is 31.2 Å². The SMILES string of the molecule is COc1cccc(-c2noc(C(C)NC(=O)NCCN3CCCCC3)n2)c1. The van der Waals surface area contributed by atoms with E-state index in [2.05, 4.69) is 25.7 Å². The first kappa shape index (κ1) is 19.2. The Morgan fingerprint density at radius 3 is 2.93 bits per heavy atom. The summed E-state index contributed by atoms with van der Waals surface area (Å²) in [6.07, 6.45) is 3.80. The predicted molar refractivity (Wildman–Crippen MR) is 102 cm³/mol. The molecule has 0 radical (unpaired) electrons. The van der Waals surface area contributed by atoms with Gasteiger partial charge in [0.2, 0.25) is 11.7 Å². The molecule has 0 spiro atoms. The number of nitrogens with one attached hydrogen (secondary N) is 2. The summed E-state index contributed by atoms with van der Waals surface area (Å²) in [6.45, 7) is 5.55. The first-order valence-corrected chi connectivity index (χ1v) is 9.40. The van der Waals surface area contributed by atoms with Crippen LogP contribution in [0.3, 0.4) is 0 Å². The quantitative estimate of drug-likeness (QED) is 0.775. The standard InChI is InChI=1S/C19H27N5O3/c1-14(21-19(25)20-9-12-24-10-4-3-5-11-24)18-22-17(23-27-18)15-7-6-8-16(13-15)26-2/h6-8,13-14H,3-5,9-12H2,1-2H3,(H2,20,21,25). The highest BCUT2D eigenvalue weighted by Gasteiger charge is 2.18. The van der Waals surface area contributed by atoms with Crippen molar-refractivity contribution in [1.82, 2.24) is 25.7 Å². The Balaban J connectivity index is 1.48. The molecule has 8 nitrogen and oxygen atoms in total. The summed E-state index contributed by atoms with van der Waals surface area (Å²) in [5.41, 5.74) is 0.794. The molecule has 2 heterocycles. The Morgan fingerprint density at radius 2 is 2.15 bits per heavy atom. The zero-order valence-corrected chi connectivity index (χ0v) is 15.9. The highest BCUT2D eigenvalue weighted by atomic mass is 16.5. The smallest absolute Gasteiger partial charge is 0.315 e. The number of hydrogen-bond donors (Lipinski definition) is 2. The normalized spacial score (nSPS) is 15.9. The molecule has 8 heteroatoms. The van der Waals surface area contributed by atoms with Crippen LogP contribution in [0.2, 0.25) is 0 Å². The molecule has 1 saturated heterocycles. The van der Waals surface area contributed by atoms with Crippen molar-refractivity contribution >= 4 is 6.03 Å². The summed E-state index contributed by atoms with van der Waals surface area (Å²) >= 11 is 0. The maximum absolute atomic E-state index is 12.1. The molecule has 1 aliphatic heterocycles. The maximum atomic E-state index is 12.1. The van der Waals surface area contributed by atoms with Gasteiger partial charge in [-0.05, 0) is 45.0 Å². The Bertz CT molecular complexity index is 742. The number of benzene rings is 1. The molecule has 1 atom stereocenters. The van der Waals surface area contributed by atoms with Gasteiger partial charge in [-0.1, -0.05) is 23.7 Å². The number of carbonyl (C=O) groups excluding carboxylic acids is 1. The van der Waals surface area contributed by atoms with Crippen LogP contribution in [0.25, 0.3) is 11.4 Å². The monoisotopic (exact) mass is 373 g/mol. The molecule has 146 valence electrons. The molecule has 1 fully saturated rings. The zero-order chi connectivity index (χ0) is 19.1. The third kappa shape index (κ3) is 5.43. The van der Waals surface area contributed by atoms with E-state index >= 15 is 0 Å². The third-order valence-corrected chi connectivity index (χ3v) is 4.65. The first-order valence-electron chi connectivity index (χ1n) is 9.40. The van der Waals surface area contributed by atoms with Crippen molar-refractivity contribution in [2.24, 2.45) is 0 Å². The van der Waals surface area contributed by atoms with Crippen LogP contribution in [0.5, 0.6) is 5.75 Å². The molecular formula is C19H27N5O3. The van der Waals surface area contributed by atoms with E-state index in [0.29, 0.717) is 18.3 Å². The Labute approximate surface area is 159 Å². The summed E-state index contributed by atoms with van der Waals surface area (Å²) in [4.78, 5) is 18.8. The number of nitrogens with zero attached hydrogens (tertiary/aromatic N) is 3. The lowest BCUT2D eigenvalue weighted by atomic mass is 10.1. The number of likely N-dealkylation sites (tertiary alicyclic amines) is 1. The van der Waals surface area contributed by atoms with Gasteiger partial charge >= 0.3 is 6.03 Å². The number of hydrogen-bond acceptors (Lipinski definition) is 6. The van der Waals surface area contributed by atoms with Gasteiger partial charge in [-0.25, -0.2) is 4.79 Å². The summed E-state index contributed by atoms with van der Waals surface area (Å²) in [7, 11) is 1.61. The fourth-order valence-corrected chi connectivity index (χ4v) is 3.11. The second-order valence-corrected chi connectivity index (χ2v) is 6.71. The number of amides is 2. The molecule has 1 aromatic carbocycles. The molecule has 0 aliphatic carbocycles. The topological polar surface area (TPSA) is 92.5 Å². The first-order chi connectivity index (χ1) is 13.2. The highest BCUT2D eigenvalue weighted by Crippen LogP contribution is 2.22. The molecule has 27 heavy (non-hydrogen) atoms. The minimum Gasteiger partial charge on any atom is -0.497 e. The van der Waals surface area contributed by atoms with Crippen molar-refractivity contribution in [1.29, 1.82) is 0 Å². The van der Waals surface area contributed by atoms with E-state index in [0.717, 1.165) is 30.9 Å². The number of methoxy groups -OCH3 is 1. The molecule has 0 bridgehead atoms. The number of rotatable bonds is 7. The summed E-state index contributed by atoms with van der Waals surface area (Å²) < 4.78 is 10.5. The van der Waals surface area contributed by atoms with Crippen LogP contribution in [0.1, 0.15) is 38.1 Å². The molecule has 2 amide bonds. The van der Waals surface area contributed by atoms with Crippen molar-refractivity contribution in [2.75, 3.05) is 33.3 Å². The van der Waals surface area contributed by atoms with E-state index in [-0.39, 0.29) is 12.1 Å². The van der Waals surface area contributed by atoms with Crippen molar-refractivity contribution in [3.8, 4) is 17.1 Å². The van der Waals surface area contributed by atoms with Gasteiger partial charge in [0, 0.05) is 18.7 Å². The van der Waals surface area contributed by atoms with Crippen LogP contribution in [-0.2, 0) is 0 Å². The zero-order valence-electron chi connectivity index (χ0n) is 15.9. The van der Waals surface area contributed by atoms with Gasteiger partial charge in [0.1, 0.15) is 11.8 Å². The van der Waals surface area contributed by atoms with Gasteiger partial charge in [-0.15, -0.1) is 0 Å². The van der Waals surface area contributed by atoms with E-state index in [4.69, 9.17) is 9.26 Å². The largest absolute Gasteiger partial charge is 0.497 e. The maximum Gasteiger partial charge on any atom is 0.315 e. The van der Waals surface area contributed by atoms with Crippen molar-refractivity contribution in [3.63, 3.8) is 0 Å². The fourth-order valence-electron chi connectivity index (χ4n) is 3.11. The lowest BCUT2D eigenvalue weighted by Gasteiger charge is -2.26. The van der Waals surface area contributed by atoms with E-state index in [1.54, 1.807) is 7.11 Å². The van der Waals surface area contributed by atoms with Crippen molar-refractivity contribution in [3.05, 3.63) is 30.2 Å². The minimum absolute atomic E-state index is 0.236. The lowest BCUT2D eigenvalue weighted by Crippen LogP contribution is -2.42. The van der Waals surface area contributed by atoms with E-state index in [9.17, 15) is 4.79 Å². The van der Waals surface area contributed by atoms with E-state index < -0.39 is 0 Å². The number of piperidine rings is 1. The van der Waals surface area contributed by atoms with Crippen LogP contribution in [0.4, 0.5) is 4.79 Å². The van der Waals surface area contributed by atoms with Crippen molar-refractivity contribution < 1.29 is 14.1 Å². The third-order valence-electron chi connectivity index (χ3n) is 4.65. The fraction of sp³-hybridized carbons (Fsp3) is 0.526. The molecule has 1 aromatic heterocycles. The number of carbonyl (C=O) groups is 1. The molecule has 2 aromatic rings. The molecule has 2 N–H and O–H groups in total. The van der Waals surface area contributed by atoms with Crippen molar-refractivity contribution in [2.45, 2.75) is 32.2 Å². The molecule has 0 saturated carbocycles. The summed E-state index contributed by atoms with van der Waals surface area (Å²) in [5.74, 6) is 1.54. The van der Waals surface area contributed by atoms with Crippen LogP contribution in [0.15, 0.2) is 28.8 Å². The van der Waals surface area contributed by atoms with Crippen LogP contribution in [-0.4, -0.2) is 54.4 Å². The Hall–Kier alpha value is -2.61. The van der Waals surface area contributed by atoms with Crippen LogP contribution in [0, 0.1) is 0 Å². The van der Waals surface area contributed by atoms with Gasteiger partial charge in [0.25, 0.3) is 0 Å². The van der Waals surface area contributed by atoms with Crippen LogP contribution < -0.4 is 15.4 Å². The van der Waals surface area contributed by atoms with Gasteiger partial charge in [0.05, 0.1) is 7.11 Å². The molecular weight excluding hydrogens is 346 g/mol. The van der Waals surface area contributed by atoms with Gasteiger partial charge in [-0.3, -0.25) is 0 Å². The van der Waals surface area contributed by atoms with Gasteiger partial charge < -0.3 is 24.8 Å². The Kier molecular flexibility index (Phi) is 6.64. The minimum atomic E-state index is -0.383.